The summed E-state index contributed by atoms with van der Waals surface area (Å²) in [4.78, 5) is 21.9. The van der Waals surface area contributed by atoms with Crippen LogP contribution in [0.3, 0.4) is 0 Å². The first-order valence-electron chi connectivity index (χ1n) is 6.71. The Morgan fingerprint density at radius 3 is 1.95 bits per heavy atom. The molecule has 22 heavy (non-hydrogen) atoms. The summed E-state index contributed by atoms with van der Waals surface area (Å²) in [5.41, 5.74) is 1.92. The first-order chi connectivity index (χ1) is 10.5. The highest BCUT2D eigenvalue weighted by Crippen LogP contribution is 2.18. The number of carbonyl (C=O) groups excluding carboxylic acids is 1. The van der Waals surface area contributed by atoms with Crippen LogP contribution in [0, 0.1) is 0 Å². The average molecular weight is 300 g/mol. The summed E-state index contributed by atoms with van der Waals surface area (Å²) in [5.74, 6) is -1.31. The molecule has 1 amide bonds. The van der Waals surface area contributed by atoms with Gasteiger partial charge >= 0.3 is 5.97 Å². The quantitative estimate of drug-likeness (QED) is 0.605. The van der Waals surface area contributed by atoms with Gasteiger partial charge in [0, 0.05) is 23.4 Å². The van der Waals surface area contributed by atoms with E-state index in [-0.39, 0.29) is 24.6 Å². The number of benzene rings is 1. The van der Waals surface area contributed by atoms with Crippen LogP contribution in [0.4, 0.5) is 11.4 Å². The van der Waals surface area contributed by atoms with Crippen molar-refractivity contribution in [3.05, 3.63) is 60.0 Å². The Labute approximate surface area is 127 Å². The second kappa shape index (κ2) is 7.12. The molecule has 0 fully saturated rings. The Hall–Kier alpha value is -3.02. The number of carbonyl (C=O) groups is 2. The Morgan fingerprint density at radius 2 is 1.41 bits per heavy atom. The highest BCUT2D eigenvalue weighted by atomic mass is 16.4. The third-order valence-electron chi connectivity index (χ3n) is 2.93. The van der Waals surface area contributed by atoms with E-state index in [1.807, 2.05) is 12.2 Å². The Morgan fingerprint density at radius 1 is 0.864 bits per heavy atom. The lowest BCUT2D eigenvalue weighted by Crippen LogP contribution is -2.13. The number of carboxylic acid groups (broad SMARTS) is 1. The second-order valence-corrected chi connectivity index (χ2v) is 4.67. The molecule has 1 aliphatic rings. The number of aliphatic hydroxyl groups excluding tert-OH is 1. The molecule has 0 bridgehead atoms. The minimum Gasteiger partial charge on any atom is -0.494 e. The fourth-order valence-electron chi connectivity index (χ4n) is 1.82. The number of nitrogens with one attached hydrogen (secondary N) is 2. The topological polar surface area (TPSA) is 98.7 Å². The van der Waals surface area contributed by atoms with Crippen LogP contribution < -0.4 is 10.6 Å². The molecule has 0 spiro atoms. The molecule has 6 heteroatoms. The third-order valence-corrected chi connectivity index (χ3v) is 2.93. The van der Waals surface area contributed by atoms with Crippen molar-refractivity contribution >= 4 is 23.3 Å². The zero-order valence-corrected chi connectivity index (χ0v) is 11.7. The number of allylic oxidation sites excluding steroid dienone is 5. The predicted molar refractivity (Wildman–Crippen MR) is 83.5 cm³/mol. The van der Waals surface area contributed by atoms with E-state index in [4.69, 9.17) is 5.11 Å². The molecule has 1 aliphatic carbocycles. The third kappa shape index (κ3) is 4.52. The molecule has 0 atom stereocenters. The Kier molecular flexibility index (Phi) is 4.98. The molecule has 0 saturated carbocycles. The Balaban J connectivity index is 1.91. The van der Waals surface area contributed by atoms with E-state index in [0.29, 0.717) is 16.9 Å². The van der Waals surface area contributed by atoms with Crippen molar-refractivity contribution in [1.29, 1.82) is 0 Å². The maximum Gasteiger partial charge on any atom is 0.303 e. The van der Waals surface area contributed by atoms with Crippen molar-refractivity contribution in [3.63, 3.8) is 0 Å². The lowest BCUT2D eigenvalue weighted by Gasteiger charge is -2.09. The van der Waals surface area contributed by atoms with Crippen LogP contribution in [-0.2, 0) is 9.59 Å². The fourth-order valence-corrected chi connectivity index (χ4v) is 1.82. The molecule has 0 aromatic heterocycles. The van der Waals surface area contributed by atoms with Crippen LogP contribution >= 0.6 is 0 Å². The number of amides is 1. The number of aliphatic hydroxyl groups is 1. The minimum absolute atomic E-state index is 0.0447. The van der Waals surface area contributed by atoms with Gasteiger partial charge in [-0.05, 0) is 36.4 Å². The summed E-state index contributed by atoms with van der Waals surface area (Å²) < 4.78 is 0. The van der Waals surface area contributed by atoms with Crippen molar-refractivity contribution in [3.8, 4) is 0 Å². The van der Waals surface area contributed by atoms with Gasteiger partial charge in [0.25, 0.3) is 0 Å². The van der Waals surface area contributed by atoms with Crippen molar-refractivity contribution in [1.82, 2.24) is 0 Å². The largest absolute Gasteiger partial charge is 0.494 e. The molecule has 0 heterocycles. The van der Waals surface area contributed by atoms with Gasteiger partial charge in [-0.1, -0.05) is 12.2 Å². The lowest BCUT2D eigenvalue weighted by atomic mass is 10.2. The van der Waals surface area contributed by atoms with Gasteiger partial charge in [0.05, 0.1) is 6.42 Å². The highest BCUT2D eigenvalue weighted by molar-refractivity contribution is 5.92. The van der Waals surface area contributed by atoms with Crippen molar-refractivity contribution in [2.75, 3.05) is 10.6 Å². The fraction of sp³-hybridized carbons (Fsp3) is 0.125. The van der Waals surface area contributed by atoms with Gasteiger partial charge in [0.2, 0.25) is 5.91 Å². The SMILES string of the molecule is O=C(O)CCC(=O)Nc1ccc(NC(O)=C2C=CC=C2)cc1. The maximum atomic E-state index is 11.5. The number of hydrogen-bond acceptors (Lipinski definition) is 4. The zero-order valence-electron chi connectivity index (χ0n) is 11.7. The van der Waals surface area contributed by atoms with E-state index in [2.05, 4.69) is 10.6 Å². The van der Waals surface area contributed by atoms with Crippen molar-refractivity contribution < 1.29 is 19.8 Å². The number of carboxylic acids is 1. The lowest BCUT2D eigenvalue weighted by molar-refractivity contribution is -0.138. The summed E-state index contributed by atoms with van der Waals surface area (Å²) in [6, 6.07) is 6.73. The van der Waals surface area contributed by atoms with Gasteiger partial charge in [-0.25, -0.2) is 0 Å². The Bertz CT molecular complexity index is 643. The van der Waals surface area contributed by atoms with Gasteiger partial charge in [-0.3, -0.25) is 9.59 Å². The van der Waals surface area contributed by atoms with Gasteiger partial charge < -0.3 is 20.8 Å². The molecular formula is C16H16N2O4. The molecule has 1 aromatic carbocycles. The van der Waals surface area contributed by atoms with Gasteiger partial charge in [0.1, 0.15) is 0 Å². The summed E-state index contributed by atoms with van der Waals surface area (Å²) in [6.07, 6.45) is 6.93. The van der Waals surface area contributed by atoms with E-state index >= 15 is 0 Å². The molecule has 0 unspecified atom stereocenters. The summed E-state index contributed by atoms with van der Waals surface area (Å²) in [5, 5.41) is 23.8. The molecule has 0 radical (unpaired) electrons. The molecule has 0 saturated heterocycles. The molecule has 1 aromatic rings. The minimum atomic E-state index is -1.01. The molecular weight excluding hydrogens is 284 g/mol. The number of aliphatic carboxylic acids is 1. The molecule has 0 aliphatic heterocycles. The van der Waals surface area contributed by atoms with E-state index in [1.54, 1.807) is 36.4 Å². The van der Waals surface area contributed by atoms with Crippen LogP contribution in [0.1, 0.15) is 12.8 Å². The van der Waals surface area contributed by atoms with Crippen LogP contribution in [0.15, 0.2) is 60.0 Å². The smallest absolute Gasteiger partial charge is 0.303 e. The second-order valence-electron chi connectivity index (χ2n) is 4.67. The van der Waals surface area contributed by atoms with E-state index in [1.165, 1.54) is 0 Å². The summed E-state index contributed by atoms with van der Waals surface area (Å²) in [6.45, 7) is 0. The van der Waals surface area contributed by atoms with Crippen LogP contribution in [0.5, 0.6) is 0 Å². The normalized spacial score (nSPS) is 12.3. The zero-order chi connectivity index (χ0) is 15.9. The van der Waals surface area contributed by atoms with E-state index in [9.17, 15) is 14.7 Å². The first-order valence-corrected chi connectivity index (χ1v) is 6.71. The number of hydrogen-bond donors (Lipinski definition) is 4. The average Bonchev–Trinajstić information content (AvgIpc) is 3.01. The molecule has 4 N–H and O–H groups in total. The van der Waals surface area contributed by atoms with E-state index < -0.39 is 5.97 Å². The maximum absolute atomic E-state index is 11.5. The van der Waals surface area contributed by atoms with Crippen LogP contribution in [0.2, 0.25) is 0 Å². The first kappa shape index (κ1) is 15.4. The monoisotopic (exact) mass is 300 g/mol. The van der Waals surface area contributed by atoms with Crippen molar-refractivity contribution in [2.45, 2.75) is 12.8 Å². The van der Waals surface area contributed by atoms with E-state index in [0.717, 1.165) is 0 Å². The molecule has 6 nitrogen and oxygen atoms in total. The molecule has 2 rings (SSSR count). The van der Waals surface area contributed by atoms with Gasteiger partial charge in [-0.2, -0.15) is 0 Å². The number of rotatable bonds is 6. The van der Waals surface area contributed by atoms with Crippen LogP contribution in [-0.4, -0.2) is 22.1 Å². The summed E-state index contributed by atoms with van der Waals surface area (Å²) in [7, 11) is 0. The standard InChI is InChI=1S/C16H16N2O4/c19-14(9-10-15(20)21)17-12-5-7-13(8-6-12)18-16(22)11-3-1-2-4-11/h1-8,18,22H,9-10H2,(H,17,19)(H,20,21). The number of anilines is 2. The highest BCUT2D eigenvalue weighted by Gasteiger charge is 2.06. The van der Waals surface area contributed by atoms with Gasteiger partial charge in [-0.15, -0.1) is 0 Å². The van der Waals surface area contributed by atoms with Crippen LogP contribution in [0.25, 0.3) is 0 Å². The summed E-state index contributed by atoms with van der Waals surface area (Å²) >= 11 is 0. The predicted octanol–water partition coefficient (Wildman–Crippen LogP) is 2.80. The van der Waals surface area contributed by atoms with Gasteiger partial charge in [0.15, 0.2) is 5.88 Å². The molecule has 114 valence electrons. The van der Waals surface area contributed by atoms with Crippen molar-refractivity contribution in [2.24, 2.45) is 0 Å².